The molecule has 7 unspecified atom stereocenters. The van der Waals surface area contributed by atoms with Gasteiger partial charge < -0.3 is 24.3 Å². The zero-order chi connectivity index (χ0) is 27.3. The molecule has 0 aromatic carbocycles. The van der Waals surface area contributed by atoms with E-state index in [0.29, 0.717) is 22.7 Å². The largest absolute Gasteiger partial charge is 1.00 e. The molecule has 4 aliphatic carbocycles. The van der Waals surface area contributed by atoms with Crippen molar-refractivity contribution in [1.82, 2.24) is 0 Å². The van der Waals surface area contributed by atoms with Crippen LogP contribution < -0.4 is 51.4 Å². The second-order valence-corrected chi connectivity index (χ2v) is 17.2. The van der Waals surface area contributed by atoms with Gasteiger partial charge in [0.25, 0.3) is 0 Å². The van der Waals surface area contributed by atoms with Crippen molar-refractivity contribution in [2.45, 2.75) is 130 Å². The summed E-state index contributed by atoms with van der Waals surface area (Å²) in [6, 6.07) is 0. The van der Waals surface area contributed by atoms with Gasteiger partial charge in [-0.1, -0.05) is 106 Å². The normalized spacial score (nSPS) is 35.2. The minimum Gasteiger partial charge on any atom is -0.665 e. The van der Waals surface area contributed by atoms with Gasteiger partial charge in [0.05, 0.1) is 0 Å². The van der Waals surface area contributed by atoms with Gasteiger partial charge in [-0.2, -0.15) is 6.42 Å². The molecule has 3 saturated carbocycles. The Kier molecular flexibility index (Phi) is 17.0. The van der Waals surface area contributed by atoms with Crippen molar-refractivity contribution in [3.63, 3.8) is 0 Å². The van der Waals surface area contributed by atoms with Crippen molar-refractivity contribution in [3.8, 4) is 0 Å². The summed E-state index contributed by atoms with van der Waals surface area (Å²) in [5.74, 6) is 6.06. The van der Waals surface area contributed by atoms with E-state index in [9.17, 15) is 0 Å². The molecule has 4 rings (SSSR count). The first-order chi connectivity index (χ1) is 17.5. The van der Waals surface area contributed by atoms with Gasteiger partial charge in [0.1, 0.15) is 0 Å². The number of hydrogen-bond donors (Lipinski definition) is 1. The van der Waals surface area contributed by atoms with E-state index in [1.165, 1.54) is 82.8 Å². The number of aliphatic hydroxyl groups excluding tert-OH is 1. The third-order valence-electron chi connectivity index (χ3n) is 11.2. The second-order valence-electron chi connectivity index (χ2n) is 14.5. The molecule has 0 heterocycles. The molecule has 1 N–H and O–H groups in total. The molecule has 0 bridgehead atoms. The SMILES string of the molecule is O=[C-]O.[CH2-]CC(C)(C)CSSC1CCC2(C)C(=CCC3C2CCC2(C)C(CCCCC(C)C)CCC32)C1.[CH3-].[K+]. The summed E-state index contributed by atoms with van der Waals surface area (Å²) in [5.41, 5.74) is 3.39. The predicted octanol–water partition coefficient (Wildman–Crippen LogP) is 7.85. The summed E-state index contributed by atoms with van der Waals surface area (Å²) in [6.07, 6.45) is 21.4. The zero-order valence-corrected chi connectivity index (χ0v) is 31.6. The van der Waals surface area contributed by atoms with Crippen LogP contribution in [0.25, 0.3) is 0 Å². The minimum absolute atomic E-state index is 0. The summed E-state index contributed by atoms with van der Waals surface area (Å²) in [4.78, 5) is 8.24. The molecule has 222 valence electrons. The molecular formula is C34H59KO2S2-2. The molecule has 39 heavy (non-hydrogen) atoms. The van der Waals surface area contributed by atoms with Crippen molar-refractivity contribution in [2.24, 2.45) is 45.8 Å². The van der Waals surface area contributed by atoms with Crippen molar-refractivity contribution >= 4 is 28.1 Å². The van der Waals surface area contributed by atoms with Crippen LogP contribution in [0.2, 0.25) is 0 Å². The second kappa shape index (κ2) is 17.1. The number of allylic oxidation sites excluding steroid dienone is 2. The van der Waals surface area contributed by atoms with Crippen molar-refractivity contribution in [2.75, 3.05) is 5.75 Å². The third-order valence-corrected chi connectivity index (χ3v) is 14.5. The Balaban J connectivity index is 0.00000145. The van der Waals surface area contributed by atoms with E-state index in [2.05, 4.69) is 76.1 Å². The van der Waals surface area contributed by atoms with Gasteiger partial charge in [-0.25, -0.2) is 0 Å². The van der Waals surface area contributed by atoms with E-state index in [4.69, 9.17) is 9.90 Å². The van der Waals surface area contributed by atoms with Crippen LogP contribution in [-0.2, 0) is 4.79 Å². The molecular weight excluding hydrogens is 544 g/mol. The quantitative estimate of drug-likeness (QED) is 0.0909. The number of hydrogen-bond acceptors (Lipinski definition) is 3. The molecule has 0 amide bonds. The van der Waals surface area contributed by atoms with Gasteiger partial charge in [0, 0.05) is 11.0 Å². The standard InChI is InChI=1S/C32H55S2.CHO2.CH3.K/c1-8-30(4,5)22-33-34-26-17-19-32(7)25(21-26)13-15-27-28-16-14-24(12-10-9-11-23(2)3)31(28,6)20-18-29(27)32;2-1-3;;/h13,23-24,26-29H,1,8-12,14-22H2,2-7H3;(H,2,3);1H3;/q3*-1;+1. The van der Waals surface area contributed by atoms with Crippen LogP contribution >= 0.6 is 21.6 Å². The average molecular weight is 603 g/mol. The Morgan fingerprint density at radius 1 is 1.13 bits per heavy atom. The molecule has 7 atom stereocenters. The molecule has 3 fully saturated rings. The Morgan fingerprint density at radius 2 is 1.82 bits per heavy atom. The first kappa shape index (κ1) is 38.6. The summed E-state index contributed by atoms with van der Waals surface area (Å²) >= 11 is 0. The fourth-order valence-electron chi connectivity index (χ4n) is 8.60. The van der Waals surface area contributed by atoms with Crippen LogP contribution in [0.1, 0.15) is 125 Å². The Hall–Kier alpha value is 1.55. The number of rotatable bonds is 10. The Bertz CT molecular complexity index is 768. The fraction of sp³-hybridized carbons (Fsp3) is 0.853. The first-order valence-corrected chi connectivity index (χ1v) is 17.7. The van der Waals surface area contributed by atoms with Crippen LogP contribution in [0.15, 0.2) is 11.6 Å². The molecule has 5 heteroatoms. The van der Waals surface area contributed by atoms with E-state index < -0.39 is 0 Å². The molecule has 0 spiro atoms. The van der Waals surface area contributed by atoms with E-state index in [1.807, 2.05) is 5.57 Å². The summed E-state index contributed by atoms with van der Waals surface area (Å²) in [6.45, 7) is 19.6. The Labute approximate surface area is 294 Å². The molecule has 0 aromatic rings. The zero-order valence-electron chi connectivity index (χ0n) is 26.8. The maximum Gasteiger partial charge on any atom is 1.00 e. The van der Waals surface area contributed by atoms with Crippen LogP contribution in [0, 0.1) is 60.2 Å². The van der Waals surface area contributed by atoms with Crippen molar-refractivity contribution < 1.29 is 61.3 Å². The number of fused-ring (bicyclic) bond motifs is 5. The van der Waals surface area contributed by atoms with Gasteiger partial charge in [-0.15, -0.1) is 0 Å². The van der Waals surface area contributed by atoms with Crippen molar-refractivity contribution in [1.29, 1.82) is 0 Å². The van der Waals surface area contributed by atoms with Gasteiger partial charge in [0.2, 0.25) is 0 Å². The van der Waals surface area contributed by atoms with E-state index in [1.54, 1.807) is 0 Å². The third kappa shape index (κ3) is 9.51. The monoisotopic (exact) mass is 602 g/mol. The topological polar surface area (TPSA) is 37.3 Å². The molecule has 0 radical (unpaired) electrons. The van der Waals surface area contributed by atoms with E-state index in [0.717, 1.165) is 41.3 Å². The van der Waals surface area contributed by atoms with E-state index >= 15 is 0 Å². The van der Waals surface area contributed by atoms with Gasteiger partial charge in [-0.05, 0) is 98.2 Å². The van der Waals surface area contributed by atoms with Crippen LogP contribution in [0.3, 0.4) is 0 Å². The smallest absolute Gasteiger partial charge is 0.665 e. The van der Waals surface area contributed by atoms with Crippen LogP contribution in [0.4, 0.5) is 0 Å². The van der Waals surface area contributed by atoms with Gasteiger partial charge >= 0.3 is 51.4 Å². The van der Waals surface area contributed by atoms with Crippen LogP contribution in [0.5, 0.6) is 0 Å². The van der Waals surface area contributed by atoms with Crippen molar-refractivity contribution in [3.05, 3.63) is 26.0 Å². The van der Waals surface area contributed by atoms with E-state index in [-0.39, 0.29) is 58.8 Å². The minimum atomic E-state index is 0. The number of unbranched alkanes of at least 4 members (excludes halogenated alkanes) is 1. The average Bonchev–Trinajstić information content (AvgIpc) is 3.18. The summed E-state index contributed by atoms with van der Waals surface area (Å²) < 4.78 is 0. The first-order valence-electron chi connectivity index (χ1n) is 15.3. The molecule has 0 aliphatic heterocycles. The molecule has 4 aliphatic rings. The summed E-state index contributed by atoms with van der Waals surface area (Å²) in [5, 5.41) is 7.59. The van der Waals surface area contributed by atoms with Crippen LogP contribution in [-0.4, -0.2) is 22.6 Å². The predicted molar refractivity (Wildman–Crippen MR) is 171 cm³/mol. The van der Waals surface area contributed by atoms with Gasteiger partial charge in [0.15, 0.2) is 0 Å². The maximum atomic E-state index is 8.24. The fourth-order valence-corrected chi connectivity index (χ4v) is 12.0. The van der Waals surface area contributed by atoms with Gasteiger partial charge in [-0.3, -0.25) is 0 Å². The molecule has 0 saturated heterocycles. The molecule has 2 nitrogen and oxygen atoms in total. The summed E-state index contributed by atoms with van der Waals surface area (Å²) in [7, 11) is 4.32. The maximum absolute atomic E-state index is 8.24. The Morgan fingerprint density at radius 3 is 2.46 bits per heavy atom. The molecule has 0 aromatic heterocycles.